The van der Waals surface area contributed by atoms with Gasteiger partial charge in [-0.1, -0.05) is 11.8 Å². The molecule has 1 aromatic rings. The molecule has 23 heavy (non-hydrogen) atoms. The van der Waals surface area contributed by atoms with Crippen LogP contribution in [-0.4, -0.2) is 39.2 Å². The summed E-state index contributed by atoms with van der Waals surface area (Å²) in [5, 5.41) is 0.0533. The van der Waals surface area contributed by atoms with E-state index in [9.17, 15) is 4.79 Å². The Labute approximate surface area is 142 Å². The van der Waals surface area contributed by atoms with Crippen molar-refractivity contribution < 1.29 is 14.1 Å². The molecule has 0 saturated carbocycles. The van der Waals surface area contributed by atoms with Crippen LogP contribution in [0.15, 0.2) is 17.7 Å². The van der Waals surface area contributed by atoms with Crippen LogP contribution in [0, 0.1) is 6.92 Å². The number of rotatable bonds is 4. The van der Waals surface area contributed by atoms with Gasteiger partial charge in [-0.2, -0.15) is 0 Å². The molecule has 0 aliphatic carbocycles. The van der Waals surface area contributed by atoms with Crippen molar-refractivity contribution in [2.75, 3.05) is 5.75 Å². The van der Waals surface area contributed by atoms with Crippen molar-refractivity contribution >= 4 is 30.1 Å². The van der Waals surface area contributed by atoms with Gasteiger partial charge in [0.15, 0.2) is 10.9 Å². The molecule has 0 bridgehead atoms. The predicted octanol–water partition coefficient (Wildman–Crippen LogP) is 3.08. The molecule has 0 amide bonds. The fourth-order valence-corrected chi connectivity index (χ4v) is 2.65. The molecular formula is C16H23BN2O3S. The van der Waals surface area contributed by atoms with Crippen LogP contribution in [0.1, 0.15) is 46.1 Å². The van der Waals surface area contributed by atoms with Gasteiger partial charge in [-0.25, -0.2) is 9.97 Å². The van der Waals surface area contributed by atoms with Gasteiger partial charge < -0.3 is 9.31 Å². The number of aryl methyl sites for hydroxylation is 1. The first-order valence-electron chi connectivity index (χ1n) is 7.60. The average Bonchev–Trinajstić information content (AvgIpc) is 2.63. The monoisotopic (exact) mass is 334 g/mol. The lowest BCUT2D eigenvalue weighted by molar-refractivity contribution is -0.109. The van der Waals surface area contributed by atoms with E-state index in [0.717, 1.165) is 11.2 Å². The number of hydrogen-bond donors (Lipinski definition) is 0. The van der Waals surface area contributed by atoms with Gasteiger partial charge in [-0.05, 0) is 52.2 Å². The molecule has 2 rings (SSSR count). The van der Waals surface area contributed by atoms with Crippen molar-refractivity contribution in [3.63, 3.8) is 0 Å². The number of aromatic nitrogens is 2. The Morgan fingerprint density at radius 3 is 2.43 bits per heavy atom. The van der Waals surface area contributed by atoms with Crippen LogP contribution in [0.2, 0.25) is 0 Å². The van der Waals surface area contributed by atoms with Crippen LogP contribution < -0.4 is 0 Å². The van der Waals surface area contributed by atoms with Crippen LogP contribution in [0.3, 0.4) is 0 Å². The van der Waals surface area contributed by atoms with Gasteiger partial charge in [-0.3, -0.25) is 4.79 Å². The summed E-state index contributed by atoms with van der Waals surface area (Å²) in [6.07, 6.45) is 3.57. The lowest BCUT2D eigenvalue weighted by atomic mass is 9.79. The second kappa shape index (κ2) is 6.75. The van der Waals surface area contributed by atoms with Crippen molar-refractivity contribution in [3.05, 3.63) is 29.3 Å². The zero-order valence-electron chi connectivity index (χ0n) is 14.5. The zero-order valence-corrected chi connectivity index (χ0v) is 15.4. The standard InChI is InChI=1S/C16H23BN2O3S/c1-11-7-8-18-14(19-11)9-13(10-23-12(2)20)17-21-15(3,4)16(5,6)22-17/h7-9H,10H2,1-6H3. The van der Waals surface area contributed by atoms with Crippen LogP contribution in [0.25, 0.3) is 6.08 Å². The quantitative estimate of drug-likeness (QED) is 0.789. The Morgan fingerprint density at radius 2 is 1.91 bits per heavy atom. The summed E-state index contributed by atoms with van der Waals surface area (Å²) in [6, 6.07) is 1.84. The highest BCUT2D eigenvalue weighted by atomic mass is 32.2. The third kappa shape index (κ3) is 4.43. The van der Waals surface area contributed by atoms with E-state index >= 15 is 0 Å². The van der Waals surface area contributed by atoms with Crippen LogP contribution >= 0.6 is 11.8 Å². The number of carbonyl (C=O) groups excluding carboxylic acids is 1. The normalized spacial score (nSPS) is 19.9. The third-order valence-electron chi connectivity index (χ3n) is 4.13. The lowest BCUT2D eigenvalue weighted by Crippen LogP contribution is -2.41. The highest BCUT2D eigenvalue weighted by molar-refractivity contribution is 8.13. The summed E-state index contributed by atoms with van der Waals surface area (Å²) in [6.45, 7) is 11.5. The van der Waals surface area contributed by atoms with Crippen molar-refractivity contribution in [3.8, 4) is 0 Å². The van der Waals surface area contributed by atoms with E-state index < -0.39 is 18.3 Å². The van der Waals surface area contributed by atoms with Crippen LogP contribution in [-0.2, 0) is 14.1 Å². The molecule has 1 fully saturated rings. The number of nitrogens with zero attached hydrogens (tertiary/aromatic N) is 2. The summed E-state index contributed by atoms with van der Waals surface area (Å²) in [7, 11) is -0.504. The summed E-state index contributed by atoms with van der Waals surface area (Å²) in [4.78, 5) is 20.0. The minimum absolute atomic E-state index is 0.0533. The largest absolute Gasteiger partial charge is 0.491 e. The van der Waals surface area contributed by atoms with E-state index in [4.69, 9.17) is 9.31 Å². The number of carbonyl (C=O) groups is 1. The highest BCUT2D eigenvalue weighted by Crippen LogP contribution is 2.39. The maximum atomic E-state index is 11.3. The summed E-state index contributed by atoms with van der Waals surface area (Å²) in [5.74, 6) is 1.09. The minimum Gasteiger partial charge on any atom is -0.400 e. The molecule has 5 nitrogen and oxygen atoms in total. The first-order chi connectivity index (χ1) is 10.6. The Hall–Kier alpha value is -1.18. The second-order valence-corrected chi connectivity index (χ2v) is 7.80. The Bertz CT molecular complexity index is 616. The number of hydrogen-bond acceptors (Lipinski definition) is 6. The van der Waals surface area contributed by atoms with Crippen molar-refractivity contribution in [1.82, 2.24) is 9.97 Å². The molecule has 7 heteroatoms. The average molecular weight is 334 g/mol. The summed E-state index contributed by atoms with van der Waals surface area (Å²) < 4.78 is 12.2. The van der Waals surface area contributed by atoms with Gasteiger partial charge in [-0.15, -0.1) is 0 Å². The fourth-order valence-electron chi connectivity index (χ4n) is 2.06. The van der Waals surface area contributed by atoms with Gasteiger partial charge in [0.25, 0.3) is 0 Å². The predicted molar refractivity (Wildman–Crippen MR) is 94.0 cm³/mol. The van der Waals surface area contributed by atoms with E-state index in [1.54, 1.807) is 13.1 Å². The molecular weight excluding hydrogens is 311 g/mol. The molecule has 0 unspecified atom stereocenters. The molecule has 124 valence electrons. The van der Waals surface area contributed by atoms with Crippen LogP contribution in [0.5, 0.6) is 0 Å². The van der Waals surface area contributed by atoms with Gasteiger partial charge in [0.1, 0.15) is 0 Å². The van der Waals surface area contributed by atoms with Gasteiger partial charge in [0.2, 0.25) is 0 Å². The molecule has 0 spiro atoms. The topological polar surface area (TPSA) is 61.3 Å². The molecule has 2 heterocycles. The maximum absolute atomic E-state index is 11.3. The summed E-state index contributed by atoms with van der Waals surface area (Å²) >= 11 is 1.23. The van der Waals surface area contributed by atoms with E-state index in [-0.39, 0.29) is 5.12 Å². The molecule has 0 atom stereocenters. The zero-order chi connectivity index (χ0) is 17.3. The highest BCUT2D eigenvalue weighted by Gasteiger charge is 2.52. The van der Waals surface area contributed by atoms with Gasteiger partial charge in [0, 0.05) is 24.6 Å². The molecule has 1 aromatic heterocycles. The molecule has 0 N–H and O–H groups in total. The van der Waals surface area contributed by atoms with E-state index in [1.807, 2.05) is 46.8 Å². The molecule has 1 saturated heterocycles. The Morgan fingerprint density at radius 1 is 1.30 bits per heavy atom. The first kappa shape index (κ1) is 18.2. The number of thioether (sulfide) groups is 1. The molecule has 0 radical (unpaired) electrons. The van der Waals surface area contributed by atoms with E-state index in [1.165, 1.54) is 11.8 Å². The maximum Gasteiger partial charge on any atom is 0.491 e. The third-order valence-corrected chi connectivity index (χ3v) is 5.01. The fraction of sp³-hybridized carbons (Fsp3) is 0.562. The Kier molecular flexibility index (Phi) is 5.33. The van der Waals surface area contributed by atoms with E-state index in [0.29, 0.717) is 11.6 Å². The molecule has 1 aliphatic heterocycles. The minimum atomic E-state index is -0.504. The summed E-state index contributed by atoms with van der Waals surface area (Å²) in [5.41, 5.74) is 0.893. The molecule has 0 aromatic carbocycles. The van der Waals surface area contributed by atoms with E-state index in [2.05, 4.69) is 9.97 Å². The van der Waals surface area contributed by atoms with Gasteiger partial charge >= 0.3 is 7.12 Å². The molecule has 1 aliphatic rings. The second-order valence-electron chi connectivity index (χ2n) is 6.64. The lowest BCUT2D eigenvalue weighted by Gasteiger charge is -2.32. The first-order valence-corrected chi connectivity index (χ1v) is 8.58. The van der Waals surface area contributed by atoms with Crippen LogP contribution in [0.4, 0.5) is 0 Å². The Balaban J connectivity index is 2.30. The van der Waals surface area contributed by atoms with Gasteiger partial charge in [0.05, 0.1) is 11.2 Å². The smallest absolute Gasteiger partial charge is 0.400 e. The van der Waals surface area contributed by atoms with Crippen molar-refractivity contribution in [2.24, 2.45) is 0 Å². The SMILES string of the molecule is CC(=O)SCC(=Cc1nccc(C)n1)B1OC(C)(C)C(C)(C)O1. The van der Waals surface area contributed by atoms with Crippen molar-refractivity contribution in [2.45, 2.75) is 52.7 Å². The van der Waals surface area contributed by atoms with Crippen molar-refractivity contribution in [1.29, 1.82) is 0 Å².